The third-order valence-corrected chi connectivity index (χ3v) is 4.83. The van der Waals surface area contributed by atoms with E-state index in [0.717, 1.165) is 30.8 Å². The highest BCUT2D eigenvalue weighted by atomic mass is 16.5. The van der Waals surface area contributed by atoms with Gasteiger partial charge in [0.05, 0.1) is 18.9 Å². The minimum atomic E-state index is 0.00960. The summed E-state index contributed by atoms with van der Waals surface area (Å²) in [7, 11) is 1.62. The van der Waals surface area contributed by atoms with Gasteiger partial charge in [-0.3, -0.25) is 9.89 Å². The highest BCUT2D eigenvalue weighted by Crippen LogP contribution is 2.27. The lowest BCUT2D eigenvalue weighted by atomic mass is 9.94. The molecule has 1 saturated heterocycles. The summed E-state index contributed by atoms with van der Waals surface area (Å²) in [6, 6.07) is 9.59. The second-order valence-electron chi connectivity index (χ2n) is 6.45. The summed E-state index contributed by atoms with van der Waals surface area (Å²) < 4.78 is 7.06. The van der Waals surface area contributed by atoms with E-state index in [-0.39, 0.29) is 5.91 Å². The first-order valence-electron chi connectivity index (χ1n) is 8.73. The fourth-order valence-electron chi connectivity index (χ4n) is 3.48. The standard InChI is InChI=1S/C19H21N5O2/c1-26-18-7-3-2-6-17(18)24-13-15(11-21-24)19(25)23-10-4-5-14(12-23)16-8-9-20-22-16/h2-3,6-9,11,13-14H,4-5,10,12H2,1H3,(H,20,22). The molecule has 0 radical (unpaired) electrons. The Hall–Kier alpha value is -3.09. The van der Waals surface area contributed by atoms with Crippen LogP contribution in [0.15, 0.2) is 48.9 Å². The second-order valence-corrected chi connectivity index (χ2v) is 6.45. The van der Waals surface area contributed by atoms with Gasteiger partial charge in [0, 0.05) is 37.1 Å². The second kappa shape index (κ2) is 7.03. The van der Waals surface area contributed by atoms with Crippen molar-refractivity contribution in [2.45, 2.75) is 18.8 Å². The number of nitrogens with one attached hydrogen (secondary N) is 1. The summed E-state index contributed by atoms with van der Waals surface area (Å²) in [5.74, 6) is 1.03. The lowest BCUT2D eigenvalue weighted by Gasteiger charge is -2.32. The van der Waals surface area contributed by atoms with Gasteiger partial charge >= 0.3 is 0 Å². The van der Waals surface area contributed by atoms with Gasteiger partial charge in [-0.05, 0) is 31.0 Å². The van der Waals surface area contributed by atoms with E-state index in [0.29, 0.717) is 23.8 Å². The van der Waals surface area contributed by atoms with Crippen LogP contribution in [0, 0.1) is 0 Å². The molecule has 1 aliphatic heterocycles. The SMILES string of the molecule is COc1ccccc1-n1cc(C(=O)N2CCCC(c3ccn[nH]3)C2)cn1. The zero-order valence-corrected chi connectivity index (χ0v) is 14.6. The number of amides is 1. The van der Waals surface area contributed by atoms with Crippen molar-refractivity contribution in [1.29, 1.82) is 0 Å². The molecule has 1 aromatic carbocycles. The molecule has 7 heteroatoms. The number of hydrogen-bond donors (Lipinski definition) is 1. The number of likely N-dealkylation sites (tertiary alicyclic amines) is 1. The van der Waals surface area contributed by atoms with E-state index in [1.54, 1.807) is 30.4 Å². The van der Waals surface area contributed by atoms with E-state index in [9.17, 15) is 4.79 Å². The van der Waals surface area contributed by atoms with Crippen molar-refractivity contribution in [2.75, 3.05) is 20.2 Å². The van der Waals surface area contributed by atoms with E-state index in [1.807, 2.05) is 35.2 Å². The number of benzene rings is 1. The summed E-state index contributed by atoms with van der Waals surface area (Å²) in [4.78, 5) is 14.8. The maximum Gasteiger partial charge on any atom is 0.257 e. The fourth-order valence-corrected chi connectivity index (χ4v) is 3.48. The Morgan fingerprint density at radius 1 is 1.31 bits per heavy atom. The molecule has 26 heavy (non-hydrogen) atoms. The average Bonchev–Trinajstić information content (AvgIpc) is 3.39. The summed E-state index contributed by atoms with van der Waals surface area (Å²) in [5, 5.41) is 11.4. The average molecular weight is 351 g/mol. The highest BCUT2D eigenvalue weighted by Gasteiger charge is 2.27. The number of ether oxygens (including phenoxy) is 1. The highest BCUT2D eigenvalue weighted by molar-refractivity contribution is 5.94. The number of carbonyl (C=O) groups is 1. The minimum Gasteiger partial charge on any atom is -0.494 e. The van der Waals surface area contributed by atoms with E-state index in [2.05, 4.69) is 15.3 Å². The van der Waals surface area contributed by atoms with Gasteiger partial charge in [0.25, 0.3) is 5.91 Å². The van der Waals surface area contributed by atoms with Gasteiger partial charge in [-0.15, -0.1) is 0 Å². The Labute approximate surface area is 151 Å². The van der Waals surface area contributed by atoms with Crippen LogP contribution in [-0.2, 0) is 0 Å². The molecule has 0 bridgehead atoms. The number of nitrogens with zero attached hydrogens (tertiary/aromatic N) is 4. The number of carbonyl (C=O) groups excluding carboxylic acids is 1. The lowest BCUT2D eigenvalue weighted by Crippen LogP contribution is -2.39. The fraction of sp³-hybridized carbons (Fsp3) is 0.316. The van der Waals surface area contributed by atoms with Crippen molar-refractivity contribution >= 4 is 5.91 Å². The van der Waals surface area contributed by atoms with Crippen LogP contribution in [0.3, 0.4) is 0 Å². The van der Waals surface area contributed by atoms with Crippen molar-refractivity contribution < 1.29 is 9.53 Å². The number of rotatable bonds is 4. The molecule has 1 atom stereocenters. The Bertz CT molecular complexity index is 887. The summed E-state index contributed by atoms with van der Waals surface area (Å²) >= 11 is 0. The number of para-hydroxylation sites is 2. The third kappa shape index (κ3) is 3.08. The maximum atomic E-state index is 12.9. The van der Waals surface area contributed by atoms with Crippen LogP contribution in [0.25, 0.3) is 5.69 Å². The topological polar surface area (TPSA) is 76.0 Å². The molecular weight excluding hydrogens is 330 g/mol. The molecule has 1 aliphatic rings. The van der Waals surface area contributed by atoms with Crippen LogP contribution in [0.2, 0.25) is 0 Å². The van der Waals surface area contributed by atoms with Crippen LogP contribution in [0.1, 0.15) is 34.8 Å². The first-order valence-corrected chi connectivity index (χ1v) is 8.73. The van der Waals surface area contributed by atoms with Crippen LogP contribution < -0.4 is 4.74 Å². The van der Waals surface area contributed by atoms with Crippen LogP contribution >= 0.6 is 0 Å². The zero-order valence-electron chi connectivity index (χ0n) is 14.6. The van der Waals surface area contributed by atoms with Gasteiger partial charge in [0.1, 0.15) is 11.4 Å². The minimum absolute atomic E-state index is 0.00960. The van der Waals surface area contributed by atoms with Crippen LogP contribution in [0.5, 0.6) is 5.75 Å². The number of H-pyrrole nitrogens is 1. The molecule has 134 valence electrons. The van der Waals surface area contributed by atoms with E-state index in [4.69, 9.17) is 4.74 Å². The largest absolute Gasteiger partial charge is 0.494 e. The van der Waals surface area contributed by atoms with E-state index < -0.39 is 0 Å². The maximum absolute atomic E-state index is 12.9. The molecule has 3 heterocycles. The van der Waals surface area contributed by atoms with Crippen molar-refractivity contribution in [1.82, 2.24) is 24.9 Å². The first kappa shape index (κ1) is 16.4. The zero-order chi connectivity index (χ0) is 17.9. The van der Waals surface area contributed by atoms with E-state index in [1.165, 1.54) is 0 Å². The Morgan fingerprint density at radius 3 is 3.00 bits per heavy atom. The monoisotopic (exact) mass is 351 g/mol. The van der Waals surface area contributed by atoms with Gasteiger partial charge in [0.2, 0.25) is 0 Å². The van der Waals surface area contributed by atoms with Crippen LogP contribution in [-0.4, -0.2) is 51.0 Å². The third-order valence-electron chi connectivity index (χ3n) is 4.83. The predicted molar refractivity (Wildman–Crippen MR) is 96.6 cm³/mol. The molecule has 1 fully saturated rings. The quantitative estimate of drug-likeness (QED) is 0.784. The molecule has 3 aromatic rings. The lowest BCUT2D eigenvalue weighted by molar-refractivity contribution is 0.0706. The number of methoxy groups -OCH3 is 1. The molecule has 0 spiro atoms. The molecule has 1 unspecified atom stereocenters. The number of aromatic nitrogens is 4. The summed E-state index contributed by atoms with van der Waals surface area (Å²) in [5.41, 5.74) is 2.48. The molecule has 4 rings (SSSR count). The Morgan fingerprint density at radius 2 is 2.19 bits per heavy atom. The van der Waals surface area contributed by atoms with Crippen molar-refractivity contribution in [3.8, 4) is 11.4 Å². The van der Waals surface area contributed by atoms with Gasteiger partial charge in [-0.25, -0.2) is 4.68 Å². The first-order chi connectivity index (χ1) is 12.8. The number of aromatic amines is 1. The number of piperidine rings is 1. The molecule has 0 saturated carbocycles. The molecule has 7 nitrogen and oxygen atoms in total. The molecule has 0 aliphatic carbocycles. The van der Waals surface area contributed by atoms with E-state index >= 15 is 0 Å². The number of hydrogen-bond acceptors (Lipinski definition) is 4. The molecule has 1 amide bonds. The Balaban J connectivity index is 1.53. The summed E-state index contributed by atoms with van der Waals surface area (Å²) in [6.07, 6.45) is 7.19. The summed E-state index contributed by atoms with van der Waals surface area (Å²) in [6.45, 7) is 1.46. The normalized spacial score (nSPS) is 17.3. The van der Waals surface area contributed by atoms with Crippen molar-refractivity contribution in [2.24, 2.45) is 0 Å². The molecule has 2 aromatic heterocycles. The van der Waals surface area contributed by atoms with Gasteiger partial charge in [-0.1, -0.05) is 12.1 Å². The molecular formula is C19H21N5O2. The molecule has 1 N–H and O–H groups in total. The van der Waals surface area contributed by atoms with Crippen molar-refractivity contribution in [3.05, 3.63) is 60.2 Å². The predicted octanol–water partition coefficient (Wildman–Crippen LogP) is 2.62. The van der Waals surface area contributed by atoms with Crippen LogP contribution in [0.4, 0.5) is 0 Å². The smallest absolute Gasteiger partial charge is 0.257 e. The van der Waals surface area contributed by atoms with Crippen molar-refractivity contribution in [3.63, 3.8) is 0 Å². The van der Waals surface area contributed by atoms with Gasteiger partial charge in [-0.2, -0.15) is 10.2 Å². The Kier molecular flexibility index (Phi) is 4.43. The van der Waals surface area contributed by atoms with Gasteiger partial charge < -0.3 is 9.64 Å². The van der Waals surface area contributed by atoms with Gasteiger partial charge in [0.15, 0.2) is 0 Å².